The molecule has 0 atom stereocenters. The van der Waals surface area contributed by atoms with Crippen molar-refractivity contribution in [3.63, 3.8) is 0 Å². The molecule has 0 aliphatic carbocycles. The van der Waals surface area contributed by atoms with Gasteiger partial charge in [-0.15, -0.1) is 0 Å². The summed E-state index contributed by atoms with van der Waals surface area (Å²) in [5, 5.41) is 3.45. The number of halogens is 2. The molecule has 1 N–H and O–H groups in total. The molecule has 0 amide bonds. The molecule has 0 aliphatic heterocycles. The minimum Gasteiger partial charge on any atom is -0.380 e. The molecule has 0 radical (unpaired) electrons. The van der Waals surface area contributed by atoms with Crippen LogP contribution in [0.25, 0.3) is 0 Å². The van der Waals surface area contributed by atoms with E-state index in [4.69, 9.17) is 0 Å². The summed E-state index contributed by atoms with van der Waals surface area (Å²) in [6.45, 7) is 7.27. The lowest BCUT2D eigenvalue weighted by Gasteiger charge is -2.21. The van der Waals surface area contributed by atoms with Crippen LogP contribution in [-0.2, 0) is 6.54 Å². The van der Waals surface area contributed by atoms with E-state index in [1.165, 1.54) is 11.3 Å². The number of benzene rings is 2. The van der Waals surface area contributed by atoms with Crippen LogP contribution in [0.3, 0.4) is 0 Å². The lowest BCUT2D eigenvalue weighted by atomic mass is 10.2. The molecule has 0 unspecified atom stereocenters. The van der Waals surface area contributed by atoms with Crippen LogP contribution >= 0.6 is 31.9 Å². The van der Waals surface area contributed by atoms with E-state index in [-0.39, 0.29) is 0 Å². The van der Waals surface area contributed by atoms with Crippen LogP contribution in [0.15, 0.2) is 51.4 Å². The van der Waals surface area contributed by atoms with Gasteiger partial charge in [-0.3, -0.25) is 0 Å². The highest BCUT2D eigenvalue weighted by atomic mass is 79.9. The van der Waals surface area contributed by atoms with Gasteiger partial charge in [0.2, 0.25) is 0 Å². The number of anilines is 2. The molecule has 0 fully saturated rings. The van der Waals surface area contributed by atoms with Gasteiger partial charge in [0.15, 0.2) is 0 Å². The predicted octanol–water partition coefficient (Wildman–Crippen LogP) is 5.67. The Morgan fingerprint density at radius 1 is 0.952 bits per heavy atom. The zero-order chi connectivity index (χ0) is 15.2. The summed E-state index contributed by atoms with van der Waals surface area (Å²) >= 11 is 7.04. The SMILES string of the molecule is CCN(CC)c1ccc(CNc2ccc(Br)cc2Br)cc1. The first-order chi connectivity index (χ1) is 10.1. The van der Waals surface area contributed by atoms with E-state index in [1.807, 2.05) is 12.1 Å². The fourth-order valence-electron chi connectivity index (χ4n) is 2.24. The maximum atomic E-state index is 3.57. The largest absolute Gasteiger partial charge is 0.380 e. The maximum absolute atomic E-state index is 3.57. The summed E-state index contributed by atoms with van der Waals surface area (Å²) in [5.74, 6) is 0. The minimum absolute atomic E-state index is 0.818. The first-order valence-electron chi connectivity index (χ1n) is 7.16. The normalized spacial score (nSPS) is 10.5. The van der Waals surface area contributed by atoms with Crippen LogP contribution in [-0.4, -0.2) is 13.1 Å². The standard InChI is InChI=1S/C17H20Br2N2/c1-3-21(4-2)15-8-5-13(6-9-15)12-20-17-10-7-14(18)11-16(17)19/h5-11,20H,3-4,12H2,1-2H3. The fraction of sp³-hybridized carbons (Fsp3) is 0.294. The third-order valence-corrected chi connectivity index (χ3v) is 4.63. The molecule has 0 heterocycles. The lowest BCUT2D eigenvalue weighted by Crippen LogP contribution is -2.21. The van der Waals surface area contributed by atoms with Gasteiger partial charge in [0, 0.05) is 40.0 Å². The molecule has 2 aromatic carbocycles. The van der Waals surface area contributed by atoms with Gasteiger partial charge in [0.05, 0.1) is 0 Å². The number of rotatable bonds is 6. The van der Waals surface area contributed by atoms with E-state index >= 15 is 0 Å². The summed E-state index contributed by atoms with van der Waals surface area (Å²) in [4.78, 5) is 2.35. The third-order valence-electron chi connectivity index (χ3n) is 3.48. The molecule has 112 valence electrons. The molecule has 2 rings (SSSR count). The van der Waals surface area contributed by atoms with Crippen LogP contribution in [0.4, 0.5) is 11.4 Å². The Bertz CT molecular complexity index is 578. The van der Waals surface area contributed by atoms with E-state index < -0.39 is 0 Å². The van der Waals surface area contributed by atoms with Crippen molar-refractivity contribution < 1.29 is 0 Å². The Morgan fingerprint density at radius 3 is 2.19 bits per heavy atom. The quantitative estimate of drug-likeness (QED) is 0.658. The monoisotopic (exact) mass is 410 g/mol. The first kappa shape index (κ1) is 16.4. The zero-order valence-electron chi connectivity index (χ0n) is 12.4. The van der Waals surface area contributed by atoms with E-state index in [2.05, 4.69) is 86.3 Å². The van der Waals surface area contributed by atoms with Gasteiger partial charge in [-0.05, 0) is 65.7 Å². The summed E-state index contributed by atoms with van der Waals surface area (Å²) in [7, 11) is 0. The van der Waals surface area contributed by atoms with Crippen molar-refractivity contribution in [2.75, 3.05) is 23.3 Å². The molecule has 2 aromatic rings. The Hall–Kier alpha value is -1.000. The number of hydrogen-bond donors (Lipinski definition) is 1. The topological polar surface area (TPSA) is 15.3 Å². The van der Waals surface area contributed by atoms with Gasteiger partial charge in [-0.1, -0.05) is 28.1 Å². The van der Waals surface area contributed by atoms with Crippen LogP contribution in [0, 0.1) is 0 Å². The van der Waals surface area contributed by atoms with Crippen molar-refractivity contribution in [2.45, 2.75) is 20.4 Å². The Morgan fingerprint density at radius 2 is 1.62 bits per heavy atom. The molecule has 0 aliphatic rings. The highest BCUT2D eigenvalue weighted by Gasteiger charge is 2.03. The Labute approximate surface area is 143 Å². The van der Waals surface area contributed by atoms with Crippen molar-refractivity contribution >= 4 is 43.2 Å². The molecule has 0 saturated heterocycles. The van der Waals surface area contributed by atoms with Gasteiger partial charge >= 0.3 is 0 Å². The fourth-order valence-corrected chi connectivity index (χ4v) is 3.43. The van der Waals surface area contributed by atoms with Crippen molar-refractivity contribution in [1.29, 1.82) is 0 Å². The summed E-state index contributed by atoms with van der Waals surface area (Å²) in [6.07, 6.45) is 0. The van der Waals surface area contributed by atoms with Crippen molar-refractivity contribution in [3.8, 4) is 0 Å². The smallest absolute Gasteiger partial charge is 0.0488 e. The van der Waals surface area contributed by atoms with Gasteiger partial charge in [-0.2, -0.15) is 0 Å². The summed E-state index contributed by atoms with van der Waals surface area (Å²) < 4.78 is 2.14. The van der Waals surface area contributed by atoms with Crippen LogP contribution in [0.1, 0.15) is 19.4 Å². The van der Waals surface area contributed by atoms with Crippen LogP contribution < -0.4 is 10.2 Å². The number of nitrogens with one attached hydrogen (secondary N) is 1. The summed E-state index contributed by atoms with van der Waals surface area (Å²) in [5.41, 5.74) is 3.67. The molecule has 0 saturated carbocycles. The third kappa shape index (κ3) is 4.48. The van der Waals surface area contributed by atoms with E-state index in [9.17, 15) is 0 Å². The minimum atomic E-state index is 0.818. The van der Waals surface area contributed by atoms with Crippen molar-refractivity contribution in [1.82, 2.24) is 0 Å². The maximum Gasteiger partial charge on any atom is 0.0488 e. The second-order valence-corrected chi connectivity index (χ2v) is 6.59. The Kier molecular flexibility index (Phi) is 6.12. The molecule has 2 nitrogen and oxygen atoms in total. The molecule has 0 aromatic heterocycles. The molecular formula is C17H20Br2N2. The predicted molar refractivity (Wildman–Crippen MR) is 99.2 cm³/mol. The van der Waals surface area contributed by atoms with Crippen molar-refractivity contribution in [2.24, 2.45) is 0 Å². The zero-order valence-corrected chi connectivity index (χ0v) is 15.5. The van der Waals surface area contributed by atoms with Crippen molar-refractivity contribution in [3.05, 3.63) is 57.0 Å². The average Bonchev–Trinajstić information content (AvgIpc) is 2.49. The van der Waals surface area contributed by atoms with E-state index in [1.54, 1.807) is 0 Å². The van der Waals surface area contributed by atoms with Gasteiger partial charge < -0.3 is 10.2 Å². The average molecular weight is 412 g/mol. The Balaban J connectivity index is 2.00. The number of nitrogens with zero attached hydrogens (tertiary/aromatic N) is 1. The van der Waals surface area contributed by atoms with Crippen LogP contribution in [0.5, 0.6) is 0 Å². The lowest BCUT2D eigenvalue weighted by molar-refractivity contribution is 0.865. The van der Waals surface area contributed by atoms with E-state index in [0.717, 1.165) is 34.3 Å². The molecule has 0 bridgehead atoms. The number of hydrogen-bond acceptors (Lipinski definition) is 2. The molecule has 0 spiro atoms. The second-order valence-electron chi connectivity index (χ2n) is 4.82. The molecule has 21 heavy (non-hydrogen) atoms. The summed E-state index contributed by atoms with van der Waals surface area (Å²) in [6, 6.07) is 14.9. The highest BCUT2D eigenvalue weighted by Crippen LogP contribution is 2.26. The van der Waals surface area contributed by atoms with Gasteiger partial charge in [0.1, 0.15) is 0 Å². The molecular weight excluding hydrogens is 392 g/mol. The molecule has 4 heteroatoms. The van der Waals surface area contributed by atoms with E-state index in [0.29, 0.717) is 0 Å². The first-order valence-corrected chi connectivity index (χ1v) is 8.75. The van der Waals surface area contributed by atoms with Crippen LogP contribution in [0.2, 0.25) is 0 Å². The van der Waals surface area contributed by atoms with Gasteiger partial charge in [0.25, 0.3) is 0 Å². The second kappa shape index (κ2) is 7.85. The highest BCUT2D eigenvalue weighted by molar-refractivity contribution is 9.11. The van der Waals surface area contributed by atoms with Gasteiger partial charge in [-0.25, -0.2) is 0 Å².